The van der Waals surface area contributed by atoms with Crippen molar-refractivity contribution in [3.8, 4) is 0 Å². The smallest absolute Gasteiger partial charge is 0.273 e. The average molecular weight is 291 g/mol. The molecule has 2 aliphatic heterocycles. The van der Waals surface area contributed by atoms with Crippen LogP contribution in [-0.2, 0) is 0 Å². The first-order chi connectivity index (χ1) is 9.70. The van der Waals surface area contributed by atoms with Crippen LogP contribution in [0.1, 0.15) is 59.9 Å². The summed E-state index contributed by atoms with van der Waals surface area (Å²) in [5.74, 6) is 0.751. The number of thiazole rings is 1. The zero-order valence-corrected chi connectivity index (χ0v) is 12.7. The van der Waals surface area contributed by atoms with Gasteiger partial charge in [0.05, 0.1) is 5.01 Å². The Morgan fingerprint density at radius 2 is 2.00 bits per heavy atom. The largest absolute Gasteiger partial charge is 0.337 e. The highest BCUT2D eigenvalue weighted by Gasteiger charge is 2.37. The van der Waals surface area contributed by atoms with Gasteiger partial charge in [-0.05, 0) is 38.5 Å². The molecule has 3 fully saturated rings. The Balaban J connectivity index is 1.46. The van der Waals surface area contributed by atoms with Crippen LogP contribution in [0.2, 0.25) is 0 Å². The third-order valence-corrected chi connectivity index (χ3v) is 5.99. The lowest BCUT2D eigenvalue weighted by Crippen LogP contribution is -2.48. The molecule has 1 amide bonds. The van der Waals surface area contributed by atoms with E-state index in [0.29, 0.717) is 29.7 Å². The average Bonchev–Trinajstić information content (AvgIpc) is 3.11. The van der Waals surface area contributed by atoms with Gasteiger partial charge in [0.15, 0.2) is 0 Å². The molecule has 2 unspecified atom stereocenters. The van der Waals surface area contributed by atoms with Gasteiger partial charge in [-0.2, -0.15) is 0 Å². The monoisotopic (exact) mass is 291 g/mol. The third kappa shape index (κ3) is 2.27. The van der Waals surface area contributed by atoms with Gasteiger partial charge >= 0.3 is 0 Å². The van der Waals surface area contributed by atoms with E-state index in [4.69, 9.17) is 0 Å². The molecule has 2 atom stereocenters. The van der Waals surface area contributed by atoms with Crippen LogP contribution in [0.4, 0.5) is 0 Å². The first-order valence-electron chi connectivity index (χ1n) is 7.69. The predicted molar refractivity (Wildman–Crippen MR) is 79.2 cm³/mol. The molecule has 2 bridgehead atoms. The van der Waals surface area contributed by atoms with E-state index in [9.17, 15) is 4.79 Å². The lowest BCUT2D eigenvalue weighted by Gasteiger charge is -2.35. The SMILES string of the molecule is CN(C(=O)c1csc(C2CC2)n1)C1CC2CCC(C1)N2. The molecule has 1 aliphatic carbocycles. The second-order valence-corrected chi connectivity index (χ2v) is 7.41. The van der Waals surface area contributed by atoms with Gasteiger partial charge in [-0.15, -0.1) is 11.3 Å². The molecule has 1 saturated carbocycles. The summed E-state index contributed by atoms with van der Waals surface area (Å²) in [6.07, 6.45) is 7.22. The molecule has 4 rings (SSSR count). The number of hydrogen-bond acceptors (Lipinski definition) is 4. The van der Waals surface area contributed by atoms with Crippen LogP contribution < -0.4 is 5.32 Å². The van der Waals surface area contributed by atoms with E-state index in [2.05, 4.69) is 10.3 Å². The molecule has 4 nitrogen and oxygen atoms in total. The van der Waals surface area contributed by atoms with E-state index in [0.717, 1.165) is 17.8 Å². The molecule has 0 aromatic carbocycles. The molecule has 0 radical (unpaired) electrons. The summed E-state index contributed by atoms with van der Waals surface area (Å²) in [5, 5.41) is 6.74. The van der Waals surface area contributed by atoms with Gasteiger partial charge in [0.1, 0.15) is 5.69 Å². The van der Waals surface area contributed by atoms with Gasteiger partial charge < -0.3 is 10.2 Å². The van der Waals surface area contributed by atoms with Crippen LogP contribution in [-0.4, -0.2) is 41.0 Å². The molecule has 20 heavy (non-hydrogen) atoms. The molecule has 2 saturated heterocycles. The number of rotatable bonds is 3. The molecule has 1 N–H and O–H groups in total. The standard InChI is InChI=1S/C15H21N3OS/c1-18(12-6-10-4-5-11(7-12)16-10)15(19)13-8-20-14(17-13)9-2-3-9/h8-12,16H,2-7H2,1H3. The van der Waals surface area contributed by atoms with Crippen molar-refractivity contribution in [1.29, 1.82) is 0 Å². The van der Waals surface area contributed by atoms with E-state index < -0.39 is 0 Å². The number of aromatic nitrogens is 1. The van der Waals surface area contributed by atoms with Crippen molar-refractivity contribution in [3.05, 3.63) is 16.1 Å². The summed E-state index contributed by atoms with van der Waals surface area (Å²) in [5.41, 5.74) is 0.658. The Hall–Kier alpha value is -0.940. The number of carbonyl (C=O) groups is 1. The molecule has 1 aromatic heterocycles. The zero-order valence-electron chi connectivity index (χ0n) is 11.8. The topological polar surface area (TPSA) is 45.2 Å². The fourth-order valence-electron chi connectivity index (χ4n) is 3.59. The summed E-state index contributed by atoms with van der Waals surface area (Å²) in [4.78, 5) is 19.1. The van der Waals surface area contributed by atoms with Crippen LogP contribution in [0.5, 0.6) is 0 Å². The van der Waals surface area contributed by atoms with Crippen molar-refractivity contribution >= 4 is 17.2 Å². The van der Waals surface area contributed by atoms with Gasteiger partial charge in [-0.1, -0.05) is 0 Å². The van der Waals surface area contributed by atoms with E-state index >= 15 is 0 Å². The van der Waals surface area contributed by atoms with E-state index in [1.807, 2.05) is 17.3 Å². The number of hydrogen-bond donors (Lipinski definition) is 1. The number of fused-ring (bicyclic) bond motifs is 2. The van der Waals surface area contributed by atoms with E-state index in [1.165, 1.54) is 25.7 Å². The Kier molecular flexibility index (Phi) is 3.07. The Morgan fingerprint density at radius 1 is 1.30 bits per heavy atom. The highest BCUT2D eigenvalue weighted by molar-refractivity contribution is 7.10. The van der Waals surface area contributed by atoms with Crippen LogP contribution in [0.25, 0.3) is 0 Å². The lowest BCUT2D eigenvalue weighted by atomic mass is 9.98. The van der Waals surface area contributed by atoms with E-state index in [-0.39, 0.29) is 5.91 Å². The molecular weight excluding hydrogens is 270 g/mol. The molecule has 0 spiro atoms. The first-order valence-corrected chi connectivity index (χ1v) is 8.57. The quantitative estimate of drug-likeness (QED) is 0.930. The number of nitrogens with one attached hydrogen (secondary N) is 1. The second-order valence-electron chi connectivity index (χ2n) is 6.52. The van der Waals surface area contributed by atoms with Crippen molar-refractivity contribution in [1.82, 2.24) is 15.2 Å². The third-order valence-electron chi connectivity index (χ3n) is 4.98. The van der Waals surface area contributed by atoms with Crippen molar-refractivity contribution in [2.45, 2.75) is 62.6 Å². The van der Waals surface area contributed by atoms with Gasteiger partial charge in [-0.3, -0.25) is 4.79 Å². The highest BCUT2D eigenvalue weighted by Crippen LogP contribution is 2.41. The minimum absolute atomic E-state index is 0.111. The summed E-state index contributed by atoms with van der Waals surface area (Å²) < 4.78 is 0. The molecule has 5 heteroatoms. The number of nitrogens with zero attached hydrogens (tertiary/aromatic N) is 2. The number of carbonyl (C=O) groups excluding carboxylic acids is 1. The highest BCUT2D eigenvalue weighted by atomic mass is 32.1. The second kappa shape index (κ2) is 4.81. The van der Waals surface area contributed by atoms with Crippen LogP contribution in [0.15, 0.2) is 5.38 Å². The molecular formula is C15H21N3OS. The summed E-state index contributed by atoms with van der Waals surface area (Å²) in [6.45, 7) is 0. The van der Waals surface area contributed by atoms with Gasteiger partial charge in [0.25, 0.3) is 5.91 Å². The number of piperidine rings is 1. The maximum Gasteiger partial charge on any atom is 0.273 e. The van der Waals surface area contributed by atoms with E-state index in [1.54, 1.807) is 11.3 Å². The minimum Gasteiger partial charge on any atom is -0.337 e. The first kappa shape index (κ1) is 12.8. The lowest BCUT2D eigenvalue weighted by molar-refractivity contribution is 0.0676. The molecule has 3 heterocycles. The minimum atomic E-state index is 0.111. The van der Waals surface area contributed by atoms with Crippen molar-refractivity contribution in [2.24, 2.45) is 0 Å². The van der Waals surface area contributed by atoms with Crippen molar-refractivity contribution in [2.75, 3.05) is 7.05 Å². The van der Waals surface area contributed by atoms with Crippen LogP contribution in [0, 0.1) is 0 Å². The Morgan fingerprint density at radius 3 is 2.65 bits per heavy atom. The molecule has 1 aromatic rings. The summed E-state index contributed by atoms with van der Waals surface area (Å²) in [6, 6.07) is 1.62. The van der Waals surface area contributed by atoms with Crippen molar-refractivity contribution in [3.63, 3.8) is 0 Å². The maximum atomic E-state index is 12.6. The van der Waals surface area contributed by atoms with Crippen LogP contribution >= 0.6 is 11.3 Å². The normalized spacial score (nSPS) is 32.4. The fraction of sp³-hybridized carbons (Fsp3) is 0.733. The predicted octanol–water partition coefficient (Wildman–Crippen LogP) is 2.38. The van der Waals surface area contributed by atoms with Crippen molar-refractivity contribution < 1.29 is 4.79 Å². The summed E-state index contributed by atoms with van der Waals surface area (Å²) >= 11 is 1.66. The number of amides is 1. The molecule has 3 aliphatic rings. The fourth-order valence-corrected chi connectivity index (χ4v) is 4.56. The maximum absolute atomic E-state index is 12.6. The van der Waals surface area contributed by atoms with Crippen LogP contribution in [0.3, 0.4) is 0 Å². The Bertz CT molecular complexity index is 513. The van der Waals surface area contributed by atoms with Gasteiger partial charge in [-0.25, -0.2) is 4.98 Å². The Labute approximate surface area is 123 Å². The van der Waals surface area contributed by atoms with Gasteiger partial charge in [0, 0.05) is 36.5 Å². The summed E-state index contributed by atoms with van der Waals surface area (Å²) in [7, 11) is 1.95. The zero-order chi connectivity index (χ0) is 13.7. The van der Waals surface area contributed by atoms with Gasteiger partial charge in [0.2, 0.25) is 0 Å². The molecule has 108 valence electrons.